The third kappa shape index (κ3) is 7.57. The van der Waals surface area contributed by atoms with Gasteiger partial charge in [0.2, 0.25) is 0 Å². The largest absolute Gasteiger partial charge is 0.494 e. The molecule has 1 amide bonds. The monoisotopic (exact) mass is 574 g/mol. The Kier molecular flexibility index (Phi) is 10.0. The molecule has 0 atom stereocenters. The SMILES string of the molecule is COc1c(CN(C)CCN)cc(C(F)(F)F)cc1NC(=O)C1=CCC=C(C)C(N(N)/C=C(\N)c2cnn(C)c2C)=C1. The lowest BCUT2D eigenvalue weighted by Crippen LogP contribution is -2.27. The summed E-state index contributed by atoms with van der Waals surface area (Å²) in [5.74, 6) is 5.85. The van der Waals surface area contributed by atoms with Gasteiger partial charge in [-0.3, -0.25) is 14.5 Å². The van der Waals surface area contributed by atoms with Crippen LogP contribution in [0.1, 0.15) is 35.7 Å². The number of ether oxygens (including phenoxy) is 1. The smallest absolute Gasteiger partial charge is 0.416 e. The molecular formula is C28H37F3N8O2. The average molecular weight is 575 g/mol. The van der Waals surface area contributed by atoms with Crippen molar-refractivity contribution in [1.29, 1.82) is 0 Å². The molecular weight excluding hydrogens is 537 g/mol. The molecule has 1 aromatic heterocycles. The molecule has 1 aliphatic rings. The quantitative estimate of drug-likeness (QED) is 0.250. The van der Waals surface area contributed by atoms with E-state index in [-0.39, 0.29) is 29.1 Å². The Hall–Kier alpha value is -4.07. The minimum atomic E-state index is -4.64. The second kappa shape index (κ2) is 13.1. The molecule has 2 aromatic rings. The highest BCUT2D eigenvalue weighted by molar-refractivity contribution is 6.07. The first-order chi connectivity index (χ1) is 19.3. The van der Waals surface area contributed by atoms with Gasteiger partial charge in [-0.15, -0.1) is 0 Å². The number of aryl methyl sites for hydroxylation is 1. The van der Waals surface area contributed by atoms with Crippen molar-refractivity contribution in [2.45, 2.75) is 33.0 Å². The van der Waals surface area contributed by atoms with Gasteiger partial charge in [0.1, 0.15) is 5.75 Å². The molecule has 0 spiro atoms. The predicted octanol–water partition coefficient (Wildman–Crippen LogP) is 3.38. The molecule has 0 saturated carbocycles. The van der Waals surface area contributed by atoms with E-state index >= 15 is 0 Å². The number of anilines is 1. The molecule has 0 radical (unpaired) electrons. The normalized spacial score (nSPS) is 14.3. The summed E-state index contributed by atoms with van der Waals surface area (Å²) in [5, 5.41) is 8.10. The summed E-state index contributed by atoms with van der Waals surface area (Å²) in [7, 11) is 4.87. The van der Waals surface area contributed by atoms with Crippen LogP contribution in [-0.2, 0) is 24.6 Å². The molecule has 0 aliphatic heterocycles. The Morgan fingerprint density at radius 1 is 1.27 bits per heavy atom. The van der Waals surface area contributed by atoms with Gasteiger partial charge in [0.15, 0.2) is 0 Å². The van der Waals surface area contributed by atoms with Crippen molar-refractivity contribution in [1.82, 2.24) is 19.7 Å². The van der Waals surface area contributed by atoms with Crippen LogP contribution in [0.2, 0.25) is 0 Å². The lowest BCUT2D eigenvalue weighted by molar-refractivity contribution is -0.137. The van der Waals surface area contributed by atoms with Crippen LogP contribution in [0.25, 0.3) is 5.70 Å². The first kappa shape index (κ1) is 31.5. The molecule has 10 nitrogen and oxygen atoms in total. The number of hydrogen-bond donors (Lipinski definition) is 4. The number of alkyl halides is 3. The van der Waals surface area contributed by atoms with E-state index in [1.54, 1.807) is 42.0 Å². The maximum Gasteiger partial charge on any atom is 0.416 e. The number of amides is 1. The third-order valence-corrected chi connectivity index (χ3v) is 6.72. The van der Waals surface area contributed by atoms with Gasteiger partial charge in [-0.2, -0.15) is 18.3 Å². The molecule has 7 N–H and O–H groups in total. The number of rotatable bonds is 10. The maximum atomic E-state index is 13.8. The zero-order valence-electron chi connectivity index (χ0n) is 23.8. The molecule has 1 aromatic carbocycles. The number of nitrogens with two attached hydrogens (primary N) is 3. The summed E-state index contributed by atoms with van der Waals surface area (Å²) in [6, 6.07) is 1.88. The average Bonchev–Trinajstić information content (AvgIpc) is 3.10. The first-order valence-corrected chi connectivity index (χ1v) is 12.8. The highest BCUT2D eigenvalue weighted by atomic mass is 19.4. The van der Waals surface area contributed by atoms with E-state index in [0.29, 0.717) is 36.5 Å². The van der Waals surface area contributed by atoms with Crippen LogP contribution in [0.3, 0.4) is 0 Å². The lowest BCUT2D eigenvalue weighted by Gasteiger charge is -2.22. The van der Waals surface area contributed by atoms with Gasteiger partial charge in [0.05, 0.1) is 36.0 Å². The second-order valence-corrected chi connectivity index (χ2v) is 9.77. The number of benzene rings is 1. The fourth-order valence-corrected chi connectivity index (χ4v) is 4.38. The van der Waals surface area contributed by atoms with Gasteiger partial charge < -0.3 is 26.4 Å². The topological polar surface area (TPSA) is 141 Å². The van der Waals surface area contributed by atoms with Crippen LogP contribution in [0.5, 0.6) is 5.75 Å². The second-order valence-electron chi connectivity index (χ2n) is 9.77. The molecule has 222 valence electrons. The fraction of sp³-hybridized carbons (Fsp3) is 0.357. The van der Waals surface area contributed by atoms with Crippen molar-refractivity contribution in [3.05, 3.63) is 82.0 Å². The minimum Gasteiger partial charge on any atom is -0.494 e. The summed E-state index contributed by atoms with van der Waals surface area (Å²) in [4.78, 5) is 15.2. The molecule has 13 heteroatoms. The van der Waals surface area contributed by atoms with Crippen LogP contribution < -0.4 is 27.4 Å². The van der Waals surface area contributed by atoms with Crippen LogP contribution in [0, 0.1) is 6.92 Å². The van der Waals surface area contributed by atoms with E-state index in [4.69, 9.17) is 22.0 Å². The van der Waals surface area contributed by atoms with E-state index in [9.17, 15) is 18.0 Å². The lowest BCUT2D eigenvalue weighted by atomic mass is 10.1. The van der Waals surface area contributed by atoms with E-state index in [2.05, 4.69) is 10.4 Å². The Morgan fingerprint density at radius 2 is 1.98 bits per heavy atom. The number of aromatic nitrogens is 2. The minimum absolute atomic E-state index is 0.103. The van der Waals surface area contributed by atoms with Crippen molar-refractivity contribution >= 4 is 17.3 Å². The molecule has 0 fully saturated rings. The number of carbonyl (C=O) groups is 1. The van der Waals surface area contributed by atoms with Gasteiger partial charge in [-0.1, -0.05) is 12.2 Å². The highest BCUT2D eigenvalue weighted by Gasteiger charge is 2.33. The number of hydrazine groups is 1. The zero-order valence-corrected chi connectivity index (χ0v) is 23.8. The van der Waals surface area contributed by atoms with Crippen molar-refractivity contribution in [2.24, 2.45) is 24.4 Å². The summed E-state index contributed by atoms with van der Waals surface area (Å²) in [6.07, 6.45) is 4.01. The van der Waals surface area contributed by atoms with Crippen LogP contribution in [0.4, 0.5) is 18.9 Å². The Bertz CT molecular complexity index is 1410. The summed E-state index contributed by atoms with van der Waals surface area (Å²) >= 11 is 0. The molecule has 0 unspecified atom stereocenters. The Morgan fingerprint density at radius 3 is 2.56 bits per heavy atom. The van der Waals surface area contributed by atoms with E-state index < -0.39 is 17.6 Å². The number of nitrogens with one attached hydrogen (secondary N) is 1. The molecule has 0 saturated heterocycles. The number of likely N-dealkylation sites (N-methyl/N-ethyl adjacent to an activating group) is 1. The Balaban J connectivity index is 1.96. The molecule has 41 heavy (non-hydrogen) atoms. The van der Waals surface area contributed by atoms with E-state index in [1.165, 1.54) is 18.3 Å². The molecule has 0 bridgehead atoms. The molecule has 3 rings (SSSR count). The van der Waals surface area contributed by atoms with Gasteiger partial charge in [-0.25, -0.2) is 5.84 Å². The number of allylic oxidation sites excluding steroid dienone is 3. The van der Waals surface area contributed by atoms with Crippen molar-refractivity contribution in [3.63, 3.8) is 0 Å². The van der Waals surface area contributed by atoms with Gasteiger partial charge in [0.25, 0.3) is 5.91 Å². The predicted molar refractivity (Wildman–Crippen MR) is 153 cm³/mol. The number of carbonyl (C=O) groups excluding carboxylic acids is 1. The van der Waals surface area contributed by atoms with Crippen LogP contribution in [0.15, 0.2) is 59.6 Å². The van der Waals surface area contributed by atoms with Gasteiger partial charge in [-0.05, 0) is 51.1 Å². The van der Waals surface area contributed by atoms with Gasteiger partial charge >= 0.3 is 6.18 Å². The highest BCUT2D eigenvalue weighted by Crippen LogP contribution is 2.38. The standard InChI is InChI=1S/C28H37F3N8O2/c1-17-7-6-8-19(12-25(17)39(34)16-23(33)22-14-35-38(4)18(22)2)27(40)36-24-13-21(28(29,30)31)11-20(26(24)41-5)15-37(3)10-9-32/h7-8,11-14,16H,6,9-10,15,32-34H2,1-5H3,(H,36,40)/b23-16-. The van der Waals surface area contributed by atoms with E-state index in [1.807, 2.05) is 19.9 Å². The number of nitrogens with zero attached hydrogens (tertiary/aromatic N) is 4. The summed E-state index contributed by atoms with van der Waals surface area (Å²) in [5.41, 5.74) is 14.5. The van der Waals surface area contributed by atoms with Crippen molar-refractivity contribution in [2.75, 3.05) is 32.6 Å². The number of halogens is 3. The maximum absolute atomic E-state index is 13.8. The summed E-state index contributed by atoms with van der Waals surface area (Å²) < 4.78 is 48.5. The van der Waals surface area contributed by atoms with Crippen LogP contribution >= 0.6 is 0 Å². The number of methoxy groups -OCH3 is 1. The molecule has 1 heterocycles. The Labute approximate surface area is 237 Å². The first-order valence-electron chi connectivity index (χ1n) is 12.8. The third-order valence-electron chi connectivity index (χ3n) is 6.72. The van der Waals surface area contributed by atoms with Gasteiger partial charge in [0, 0.05) is 55.3 Å². The number of hydrogen-bond acceptors (Lipinski definition) is 8. The fourth-order valence-electron chi connectivity index (χ4n) is 4.38. The van der Waals surface area contributed by atoms with Crippen molar-refractivity contribution < 1.29 is 22.7 Å². The molecule has 1 aliphatic carbocycles. The van der Waals surface area contributed by atoms with Crippen LogP contribution in [-0.4, -0.2) is 52.8 Å². The van der Waals surface area contributed by atoms with Crippen molar-refractivity contribution in [3.8, 4) is 5.75 Å². The van der Waals surface area contributed by atoms with E-state index in [0.717, 1.165) is 23.4 Å². The summed E-state index contributed by atoms with van der Waals surface area (Å²) in [6.45, 7) is 4.63. The zero-order chi connectivity index (χ0) is 30.5.